The highest BCUT2D eigenvalue weighted by molar-refractivity contribution is 5.95. The van der Waals surface area contributed by atoms with E-state index in [0.29, 0.717) is 12.1 Å². The van der Waals surface area contributed by atoms with Crippen molar-refractivity contribution in [3.8, 4) is 11.5 Å². The van der Waals surface area contributed by atoms with Crippen molar-refractivity contribution in [2.75, 3.05) is 13.2 Å². The molecule has 5 heteroatoms. The minimum atomic E-state index is -0.310. The maximum Gasteiger partial charge on any atom is 0.254 e. The Morgan fingerprint density at radius 3 is 2.76 bits per heavy atom. The van der Waals surface area contributed by atoms with Crippen molar-refractivity contribution in [2.24, 2.45) is 0 Å². The lowest BCUT2D eigenvalue weighted by atomic mass is 10.1. The minimum Gasteiger partial charge on any atom is -0.504 e. The summed E-state index contributed by atoms with van der Waals surface area (Å²) < 4.78 is 0. The zero-order chi connectivity index (χ0) is 12.4. The zero-order valence-electron chi connectivity index (χ0n) is 9.33. The highest BCUT2D eigenvalue weighted by Gasteiger charge is 2.28. The molecule has 1 heterocycles. The minimum absolute atomic E-state index is 0.0458. The first kappa shape index (κ1) is 11.7. The number of rotatable bonds is 2. The van der Waals surface area contributed by atoms with E-state index in [1.54, 1.807) is 4.90 Å². The molecule has 1 saturated heterocycles. The molecule has 0 unspecified atom stereocenters. The normalized spacial score (nSPS) is 19.6. The van der Waals surface area contributed by atoms with Crippen LogP contribution in [0, 0.1) is 0 Å². The van der Waals surface area contributed by atoms with Gasteiger partial charge in [-0.2, -0.15) is 0 Å². The molecule has 0 radical (unpaired) electrons. The lowest BCUT2D eigenvalue weighted by Gasteiger charge is -2.23. The average Bonchev–Trinajstić information content (AvgIpc) is 2.80. The van der Waals surface area contributed by atoms with Crippen LogP contribution in [0.4, 0.5) is 0 Å². The molecular formula is C12H15NO4. The maximum absolute atomic E-state index is 12.1. The Hall–Kier alpha value is -1.75. The quantitative estimate of drug-likeness (QED) is 0.661. The number of aromatic hydroxyl groups is 2. The first-order valence-electron chi connectivity index (χ1n) is 5.57. The smallest absolute Gasteiger partial charge is 0.254 e. The van der Waals surface area contributed by atoms with Gasteiger partial charge in [-0.15, -0.1) is 0 Å². The summed E-state index contributed by atoms with van der Waals surface area (Å²) in [7, 11) is 0. The lowest BCUT2D eigenvalue weighted by Crippen LogP contribution is -2.37. The van der Waals surface area contributed by atoms with Crippen LogP contribution in [-0.4, -0.2) is 45.3 Å². The molecule has 1 aliphatic heterocycles. The molecular weight excluding hydrogens is 222 g/mol. The van der Waals surface area contributed by atoms with Crippen LogP contribution < -0.4 is 0 Å². The van der Waals surface area contributed by atoms with E-state index in [1.807, 2.05) is 0 Å². The van der Waals surface area contributed by atoms with Crippen molar-refractivity contribution in [3.63, 3.8) is 0 Å². The molecule has 5 nitrogen and oxygen atoms in total. The van der Waals surface area contributed by atoms with E-state index in [4.69, 9.17) is 5.11 Å². The van der Waals surface area contributed by atoms with Gasteiger partial charge in [0.2, 0.25) is 0 Å². The number of hydrogen-bond donors (Lipinski definition) is 3. The predicted molar refractivity (Wildman–Crippen MR) is 60.9 cm³/mol. The summed E-state index contributed by atoms with van der Waals surface area (Å²) in [6.45, 7) is 0.571. The van der Waals surface area contributed by atoms with E-state index >= 15 is 0 Å². The molecule has 0 aliphatic carbocycles. The molecule has 0 spiro atoms. The zero-order valence-corrected chi connectivity index (χ0v) is 9.33. The van der Waals surface area contributed by atoms with Crippen LogP contribution in [-0.2, 0) is 0 Å². The van der Waals surface area contributed by atoms with Gasteiger partial charge in [0.15, 0.2) is 11.5 Å². The van der Waals surface area contributed by atoms with Crippen LogP contribution in [0.25, 0.3) is 0 Å². The number of aliphatic hydroxyl groups is 1. The molecule has 17 heavy (non-hydrogen) atoms. The summed E-state index contributed by atoms with van der Waals surface area (Å²) >= 11 is 0. The summed E-state index contributed by atoms with van der Waals surface area (Å²) in [6, 6.07) is 3.85. The number of likely N-dealkylation sites (tertiary alicyclic amines) is 1. The Kier molecular flexibility index (Phi) is 3.19. The Morgan fingerprint density at radius 2 is 2.12 bits per heavy atom. The monoisotopic (exact) mass is 237 g/mol. The fraction of sp³-hybridized carbons (Fsp3) is 0.417. The van der Waals surface area contributed by atoms with Gasteiger partial charge in [-0.05, 0) is 31.0 Å². The van der Waals surface area contributed by atoms with Gasteiger partial charge < -0.3 is 20.2 Å². The van der Waals surface area contributed by atoms with E-state index in [1.165, 1.54) is 18.2 Å². The molecule has 1 aromatic rings. The molecule has 1 atom stereocenters. The van der Waals surface area contributed by atoms with Crippen LogP contribution in [0.1, 0.15) is 23.2 Å². The number of hydrogen-bond acceptors (Lipinski definition) is 4. The number of benzene rings is 1. The second kappa shape index (κ2) is 4.63. The standard InChI is InChI=1S/C12H15NO4/c14-7-9-2-1-5-13(9)12(17)8-3-4-10(15)11(16)6-8/h3-4,6,9,14-16H,1-2,5,7H2/t9-/m0/s1. The molecule has 0 saturated carbocycles. The summed E-state index contributed by atoms with van der Waals surface area (Å²) in [5.74, 6) is -0.783. The number of phenolic OH excluding ortho intramolecular Hbond substituents is 2. The van der Waals surface area contributed by atoms with Gasteiger partial charge in [0.25, 0.3) is 5.91 Å². The van der Waals surface area contributed by atoms with E-state index in [9.17, 15) is 15.0 Å². The molecule has 92 valence electrons. The van der Waals surface area contributed by atoms with Gasteiger partial charge in [0.1, 0.15) is 0 Å². The Labute approximate surface area is 98.9 Å². The lowest BCUT2D eigenvalue weighted by molar-refractivity contribution is 0.0677. The first-order chi connectivity index (χ1) is 8.13. The fourth-order valence-corrected chi connectivity index (χ4v) is 2.12. The van der Waals surface area contributed by atoms with E-state index < -0.39 is 0 Å². The third kappa shape index (κ3) is 2.19. The Balaban J connectivity index is 2.21. The van der Waals surface area contributed by atoms with Crippen LogP contribution in [0.3, 0.4) is 0 Å². The van der Waals surface area contributed by atoms with Crippen molar-refractivity contribution in [1.29, 1.82) is 0 Å². The Bertz CT molecular complexity index is 433. The van der Waals surface area contributed by atoms with Crippen molar-refractivity contribution < 1.29 is 20.1 Å². The third-order valence-corrected chi connectivity index (χ3v) is 3.07. The number of carbonyl (C=O) groups is 1. The number of amides is 1. The van der Waals surface area contributed by atoms with E-state index in [-0.39, 0.29) is 30.1 Å². The molecule has 0 aromatic heterocycles. The van der Waals surface area contributed by atoms with Crippen molar-refractivity contribution in [3.05, 3.63) is 23.8 Å². The van der Waals surface area contributed by atoms with Crippen LogP contribution >= 0.6 is 0 Å². The van der Waals surface area contributed by atoms with Crippen molar-refractivity contribution in [1.82, 2.24) is 4.90 Å². The van der Waals surface area contributed by atoms with Gasteiger partial charge in [-0.25, -0.2) is 0 Å². The topological polar surface area (TPSA) is 81.0 Å². The van der Waals surface area contributed by atoms with Gasteiger partial charge in [-0.3, -0.25) is 4.79 Å². The van der Waals surface area contributed by atoms with Crippen molar-refractivity contribution in [2.45, 2.75) is 18.9 Å². The van der Waals surface area contributed by atoms with Gasteiger partial charge in [0.05, 0.1) is 12.6 Å². The maximum atomic E-state index is 12.1. The molecule has 1 fully saturated rings. The predicted octanol–water partition coefficient (Wildman–Crippen LogP) is 0.695. The largest absolute Gasteiger partial charge is 0.504 e. The van der Waals surface area contributed by atoms with Gasteiger partial charge >= 0.3 is 0 Å². The van der Waals surface area contributed by atoms with E-state index in [2.05, 4.69) is 0 Å². The van der Waals surface area contributed by atoms with Crippen LogP contribution in [0.15, 0.2) is 18.2 Å². The highest BCUT2D eigenvalue weighted by Crippen LogP contribution is 2.27. The van der Waals surface area contributed by atoms with E-state index in [0.717, 1.165) is 12.8 Å². The molecule has 3 N–H and O–H groups in total. The molecule has 1 aromatic carbocycles. The fourth-order valence-electron chi connectivity index (χ4n) is 2.12. The summed E-state index contributed by atoms with van der Waals surface area (Å²) in [6.07, 6.45) is 1.67. The summed E-state index contributed by atoms with van der Waals surface area (Å²) in [4.78, 5) is 13.7. The number of aliphatic hydroxyl groups excluding tert-OH is 1. The van der Waals surface area contributed by atoms with Crippen molar-refractivity contribution >= 4 is 5.91 Å². The second-order valence-corrected chi connectivity index (χ2v) is 4.18. The SMILES string of the molecule is O=C(c1ccc(O)c(O)c1)N1CCC[C@H]1CO. The second-order valence-electron chi connectivity index (χ2n) is 4.18. The Morgan fingerprint density at radius 1 is 1.35 bits per heavy atom. The molecule has 0 bridgehead atoms. The van der Waals surface area contributed by atoms with Crippen LogP contribution in [0.2, 0.25) is 0 Å². The van der Waals surface area contributed by atoms with Gasteiger partial charge in [-0.1, -0.05) is 0 Å². The van der Waals surface area contributed by atoms with Crippen LogP contribution in [0.5, 0.6) is 11.5 Å². The van der Waals surface area contributed by atoms with Gasteiger partial charge in [0, 0.05) is 12.1 Å². The molecule has 1 aliphatic rings. The molecule has 1 amide bonds. The first-order valence-corrected chi connectivity index (χ1v) is 5.57. The number of carbonyl (C=O) groups excluding carboxylic acids is 1. The number of nitrogens with zero attached hydrogens (tertiary/aromatic N) is 1. The summed E-state index contributed by atoms with van der Waals surface area (Å²) in [5, 5.41) is 27.7. The summed E-state index contributed by atoms with van der Waals surface area (Å²) in [5.41, 5.74) is 0.320. The number of phenols is 2. The third-order valence-electron chi connectivity index (χ3n) is 3.07. The highest BCUT2D eigenvalue weighted by atomic mass is 16.3. The molecule has 2 rings (SSSR count). The average molecular weight is 237 g/mol.